The number of oxazole rings is 1. The van der Waals surface area contributed by atoms with Gasteiger partial charge in [0.15, 0.2) is 0 Å². The molecule has 0 N–H and O–H groups in total. The molecule has 1 aromatic rings. The van der Waals surface area contributed by atoms with Gasteiger partial charge in [0.2, 0.25) is 11.7 Å². The van der Waals surface area contributed by atoms with E-state index in [2.05, 4.69) is 18.8 Å². The van der Waals surface area contributed by atoms with Crippen molar-refractivity contribution in [3.63, 3.8) is 0 Å². The molecule has 1 unspecified atom stereocenters. The van der Waals surface area contributed by atoms with Crippen molar-refractivity contribution in [2.75, 3.05) is 19.8 Å². The van der Waals surface area contributed by atoms with E-state index in [9.17, 15) is 4.79 Å². The third-order valence-corrected chi connectivity index (χ3v) is 3.29. The second-order valence-electron chi connectivity index (χ2n) is 5.56. The molecular formula is C15H23NO4. The smallest absolute Gasteiger partial charge is 0.376 e. The molecule has 1 aliphatic heterocycles. The fourth-order valence-corrected chi connectivity index (χ4v) is 2.36. The highest BCUT2D eigenvalue weighted by atomic mass is 16.5. The Kier molecular flexibility index (Phi) is 5.17. The van der Waals surface area contributed by atoms with Gasteiger partial charge in [0.25, 0.3) is 0 Å². The molecule has 5 nitrogen and oxygen atoms in total. The van der Waals surface area contributed by atoms with Crippen LogP contribution in [-0.4, -0.2) is 30.8 Å². The standard InChI is InChI=1S/C15H23NO4/c1-4-19-15(17)13-12(8-10(2)3)16-14(20-13)11-6-5-7-18-9-11/h10-11H,4-9H2,1-3H3. The summed E-state index contributed by atoms with van der Waals surface area (Å²) in [5.74, 6) is 1.02. The van der Waals surface area contributed by atoms with E-state index in [0.29, 0.717) is 37.1 Å². The van der Waals surface area contributed by atoms with Gasteiger partial charge in [-0.1, -0.05) is 13.8 Å². The van der Waals surface area contributed by atoms with Gasteiger partial charge in [0.1, 0.15) is 0 Å². The number of carbonyl (C=O) groups excluding carboxylic acids is 1. The Morgan fingerprint density at radius 3 is 2.90 bits per heavy atom. The summed E-state index contributed by atoms with van der Waals surface area (Å²) in [6.07, 6.45) is 2.70. The summed E-state index contributed by atoms with van der Waals surface area (Å²) in [6.45, 7) is 7.71. The van der Waals surface area contributed by atoms with E-state index in [4.69, 9.17) is 13.9 Å². The van der Waals surface area contributed by atoms with Crippen molar-refractivity contribution >= 4 is 5.97 Å². The molecule has 0 spiro atoms. The summed E-state index contributed by atoms with van der Waals surface area (Å²) in [7, 11) is 0. The molecule has 1 aliphatic rings. The first-order valence-corrected chi connectivity index (χ1v) is 7.36. The fraction of sp³-hybridized carbons (Fsp3) is 0.733. The predicted molar refractivity (Wildman–Crippen MR) is 73.8 cm³/mol. The lowest BCUT2D eigenvalue weighted by Crippen LogP contribution is -2.15. The highest BCUT2D eigenvalue weighted by Gasteiger charge is 2.27. The molecule has 0 bridgehead atoms. The summed E-state index contributed by atoms with van der Waals surface area (Å²) in [4.78, 5) is 16.5. The first-order chi connectivity index (χ1) is 9.61. The van der Waals surface area contributed by atoms with Crippen molar-refractivity contribution in [1.82, 2.24) is 4.98 Å². The zero-order valence-corrected chi connectivity index (χ0v) is 12.5. The summed E-state index contributed by atoms with van der Waals surface area (Å²) in [5.41, 5.74) is 0.707. The zero-order valence-electron chi connectivity index (χ0n) is 12.5. The maximum Gasteiger partial charge on any atom is 0.376 e. The van der Waals surface area contributed by atoms with Gasteiger partial charge in [-0.25, -0.2) is 9.78 Å². The van der Waals surface area contributed by atoms with Crippen LogP contribution in [0.2, 0.25) is 0 Å². The molecule has 112 valence electrons. The van der Waals surface area contributed by atoms with Crippen LogP contribution in [0.4, 0.5) is 0 Å². The number of nitrogens with zero attached hydrogens (tertiary/aromatic N) is 1. The van der Waals surface area contributed by atoms with Crippen molar-refractivity contribution in [2.24, 2.45) is 5.92 Å². The number of aromatic nitrogens is 1. The quantitative estimate of drug-likeness (QED) is 0.776. The largest absolute Gasteiger partial charge is 0.460 e. The molecule has 0 aliphatic carbocycles. The topological polar surface area (TPSA) is 61.6 Å². The molecule has 0 saturated carbocycles. The molecule has 0 aromatic carbocycles. The molecule has 1 atom stereocenters. The van der Waals surface area contributed by atoms with Gasteiger partial charge in [0.05, 0.1) is 24.8 Å². The molecule has 1 saturated heterocycles. The van der Waals surface area contributed by atoms with Crippen LogP contribution in [0, 0.1) is 5.92 Å². The summed E-state index contributed by atoms with van der Waals surface area (Å²) in [6, 6.07) is 0. The average Bonchev–Trinajstić information content (AvgIpc) is 2.83. The highest BCUT2D eigenvalue weighted by molar-refractivity contribution is 5.87. The minimum absolute atomic E-state index is 0.151. The van der Waals surface area contributed by atoms with E-state index in [-0.39, 0.29) is 11.7 Å². The van der Waals surface area contributed by atoms with Crippen LogP contribution in [0.5, 0.6) is 0 Å². The van der Waals surface area contributed by atoms with Crippen LogP contribution in [0.1, 0.15) is 61.7 Å². The van der Waals surface area contributed by atoms with Crippen molar-refractivity contribution < 1.29 is 18.7 Å². The Labute approximate surface area is 119 Å². The van der Waals surface area contributed by atoms with Crippen LogP contribution < -0.4 is 0 Å². The van der Waals surface area contributed by atoms with E-state index in [1.807, 2.05) is 0 Å². The maximum atomic E-state index is 12.0. The normalized spacial score (nSPS) is 19.3. The van der Waals surface area contributed by atoms with Gasteiger partial charge in [0, 0.05) is 6.61 Å². The zero-order chi connectivity index (χ0) is 14.5. The van der Waals surface area contributed by atoms with E-state index >= 15 is 0 Å². The third-order valence-electron chi connectivity index (χ3n) is 3.29. The predicted octanol–water partition coefficient (Wildman–Crippen LogP) is 2.94. The Hall–Kier alpha value is -1.36. The molecule has 2 heterocycles. The second-order valence-corrected chi connectivity index (χ2v) is 5.56. The Morgan fingerprint density at radius 2 is 2.30 bits per heavy atom. The van der Waals surface area contributed by atoms with Crippen molar-refractivity contribution in [3.8, 4) is 0 Å². The summed E-state index contributed by atoms with van der Waals surface area (Å²) in [5, 5.41) is 0. The van der Waals surface area contributed by atoms with Gasteiger partial charge >= 0.3 is 5.97 Å². The molecule has 2 rings (SSSR count). The first kappa shape index (κ1) is 15.0. The molecule has 1 aromatic heterocycles. The summed E-state index contributed by atoms with van der Waals surface area (Å²) < 4.78 is 16.2. The number of rotatable bonds is 5. The monoisotopic (exact) mass is 281 g/mol. The number of carbonyl (C=O) groups is 1. The van der Waals surface area contributed by atoms with E-state index in [0.717, 1.165) is 19.4 Å². The van der Waals surface area contributed by atoms with Crippen LogP contribution in [-0.2, 0) is 15.9 Å². The number of hydrogen-bond donors (Lipinski definition) is 0. The van der Waals surface area contributed by atoms with Gasteiger partial charge in [-0.05, 0) is 32.1 Å². The molecular weight excluding hydrogens is 258 g/mol. The molecule has 1 fully saturated rings. The molecule has 5 heteroatoms. The van der Waals surface area contributed by atoms with Crippen LogP contribution in [0.15, 0.2) is 4.42 Å². The molecule has 0 amide bonds. The van der Waals surface area contributed by atoms with Crippen molar-refractivity contribution in [2.45, 2.75) is 46.0 Å². The van der Waals surface area contributed by atoms with Gasteiger partial charge in [-0.2, -0.15) is 0 Å². The molecule has 20 heavy (non-hydrogen) atoms. The van der Waals surface area contributed by atoms with E-state index in [1.54, 1.807) is 6.92 Å². The minimum Gasteiger partial charge on any atom is -0.460 e. The highest BCUT2D eigenvalue weighted by Crippen LogP contribution is 2.27. The lowest BCUT2D eigenvalue weighted by molar-refractivity contribution is 0.0473. The molecule has 0 radical (unpaired) electrons. The Morgan fingerprint density at radius 1 is 1.50 bits per heavy atom. The number of esters is 1. The van der Waals surface area contributed by atoms with Crippen molar-refractivity contribution in [3.05, 3.63) is 17.3 Å². The van der Waals surface area contributed by atoms with Gasteiger partial charge in [-0.15, -0.1) is 0 Å². The fourth-order valence-electron chi connectivity index (χ4n) is 2.36. The summed E-state index contributed by atoms with van der Waals surface area (Å²) >= 11 is 0. The average molecular weight is 281 g/mol. The van der Waals surface area contributed by atoms with E-state index in [1.165, 1.54) is 0 Å². The van der Waals surface area contributed by atoms with Gasteiger partial charge < -0.3 is 13.9 Å². The Balaban J connectivity index is 2.23. The second kappa shape index (κ2) is 6.88. The van der Waals surface area contributed by atoms with Crippen LogP contribution in [0.3, 0.4) is 0 Å². The number of ether oxygens (including phenoxy) is 2. The van der Waals surface area contributed by atoms with Gasteiger partial charge in [-0.3, -0.25) is 0 Å². The Bertz CT molecular complexity index is 447. The lowest BCUT2D eigenvalue weighted by atomic mass is 10.0. The van der Waals surface area contributed by atoms with Crippen LogP contribution >= 0.6 is 0 Å². The third kappa shape index (κ3) is 3.60. The first-order valence-electron chi connectivity index (χ1n) is 7.36. The maximum absolute atomic E-state index is 12.0. The number of hydrogen-bond acceptors (Lipinski definition) is 5. The SMILES string of the molecule is CCOC(=O)c1oc(C2CCCOC2)nc1CC(C)C. The lowest BCUT2D eigenvalue weighted by Gasteiger charge is -2.18. The minimum atomic E-state index is -0.418. The van der Waals surface area contributed by atoms with Crippen molar-refractivity contribution in [1.29, 1.82) is 0 Å². The van der Waals surface area contributed by atoms with Crippen LogP contribution in [0.25, 0.3) is 0 Å². The van der Waals surface area contributed by atoms with E-state index < -0.39 is 5.97 Å².